The average Bonchev–Trinajstić information content (AvgIpc) is 3.59. The topological polar surface area (TPSA) is 93.7 Å². The van der Waals surface area contributed by atoms with Crippen molar-refractivity contribution in [2.75, 3.05) is 12.4 Å². The van der Waals surface area contributed by atoms with E-state index in [0.717, 1.165) is 12.8 Å². The number of amides is 1. The van der Waals surface area contributed by atoms with E-state index >= 15 is 0 Å². The third kappa shape index (κ3) is 5.09. The molecule has 0 saturated heterocycles. The summed E-state index contributed by atoms with van der Waals surface area (Å²) < 4.78 is 38.7. The van der Waals surface area contributed by atoms with Gasteiger partial charge in [-0.3, -0.25) is 4.79 Å². The molecule has 0 radical (unpaired) electrons. The van der Waals surface area contributed by atoms with Crippen molar-refractivity contribution >= 4 is 21.6 Å². The Labute approximate surface area is 187 Å². The van der Waals surface area contributed by atoms with Gasteiger partial charge in [0.15, 0.2) is 11.5 Å². The SMILES string of the molecule is COc1ccccc1Oc1ccc(NC(=O)c2cc(S(=O)(=O)NC3CC3)ccc2C)cc1. The number of carbonyl (C=O) groups excluding carboxylic acids is 1. The Kier molecular flexibility index (Phi) is 6.16. The Balaban J connectivity index is 1.47. The maximum Gasteiger partial charge on any atom is 0.255 e. The van der Waals surface area contributed by atoms with E-state index < -0.39 is 10.0 Å². The highest BCUT2D eigenvalue weighted by Crippen LogP contribution is 2.31. The maximum absolute atomic E-state index is 12.8. The smallest absolute Gasteiger partial charge is 0.255 e. The van der Waals surface area contributed by atoms with Crippen molar-refractivity contribution < 1.29 is 22.7 Å². The summed E-state index contributed by atoms with van der Waals surface area (Å²) in [5.41, 5.74) is 1.55. The Morgan fingerprint density at radius 1 is 0.969 bits per heavy atom. The van der Waals surface area contributed by atoms with Gasteiger partial charge >= 0.3 is 0 Å². The van der Waals surface area contributed by atoms with Gasteiger partial charge in [-0.05, 0) is 73.9 Å². The van der Waals surface area contributed by atoms with E-state index in [0.29, 0.717) is 34.1 Å². The number of ether oxygens (including phenoxy) is 2. The van der Waals surface area contributed by atoms with Crippen LogP contribution < -0.4 is 19.5 Å². The minimum absolute atomic E-state index is 0.00447. The first-order valence-electron chi connectivity index (χ1n) is 10.2. The zero-order valence-electron chi connectivity index (χ0n) is 17.8. The third-order valence-electron chi connectivity index (χ3n) is 5.07. The van der Waals surface area contributed by atoms with E-state index in [2.05, 4.69) is 10.0 Å². The predicted octanol–water partition coefficient (Wildman–Crippen LogP) is 4.49. The van der Waals surface area contributed by atoms with Gasteiger partial charge in [0.2, 0.25) is 10.0 Å². The summed E-state index contributed by atoms with van der Waals surface area (Å²) in [6, 6.07) is 18.8. The molecule has 166 valence electrons. The van der Waals surface area contributed by atoms with Crippen LogP contribution in [0.5, 0.6) is 17.2 Å². The quantitative estimate of drug-likeness (QED) is 0.525. The molecule has 4 rings (SSSR count). The molecule has 32 heavy (non-hydrogen) atoms. The first-order chi connectivity index (χ1) is 15.4. The zero-order chi connectivity index (χ0) is 22.7. The monoisotopic (exact) mass is 452 g/mol. The first-order valence-corrected chi connectivity index (χ1v) is 11.7. The molecule has 3 aromatic carbocycles. The molecule has 3 aromatic rings. The van der Waals surface area contributed by atoms with Crippen molar-refractivity contribution in [1.82, 2.24) is 4.72 Å². The molecule has 2 N–H and O–H groups in total. The Morgan fingerprint density at radius 3 is 2.31 bits per heavy atom. The van der Waals surface area contributed by atoms with E-state index in [4.69, 9.17) is 9.47 Å². The highest BCUT2D eigenvalue weighted by atomic mass is 32.2. The van der Waals surface area contributed by atoms with Crippen LogP contribution in [-0.4, -0.2) is 27.5 Å². The lowest BCUT2D eigenvalue weighted by atomic mass is 10.1. The van der Waals surface area contributed by atoms with Crippen molar-refractivity contribution in [3.8, 4) is 17.2 Å². The summed E-state index contributed by atoms with van der Waals surface area (Å²) >= 11 is 0. The fourth-order valence-electron chi connectivity index (χ4n) is 3.14. The molecule has 0 atom stereocenters. The second-order valence-electron chi connectivity index (χ2n) is 7.60. The van der Waals surface area contributed by atoms with Crippen LogP contribution in [0, 0.1) is 6.92 Å². The number of rotatable bonds is 8. The highest BCUT2D eigenvalue weighted by Gasteiger charge is 2.28. The minimum Gasteiger partial charge on any atom is -0.493 e. The molecule has 7 nitrogen and oxygen atoms in total. The maximum atomic E-state index is 12.8. The lowest BCUT2D eigenvalue weighted by Gasteiger charge is -2.12. The number of aryl methyl sites for hydroxylation is 1. The fourth-order valence-corrected chi connectivity index (χ4v) is 4.47. The van der Waals surface area contributed by atoms with Gasteiger partial charge in [0.1, 0.15) is 5.75 Å². The van der Waals surface area contributed by atoms with Crippen LogP contribution in [0.3, 0.4) is 0 Å². The molecule has 0 spiro atoms. The molecule has 1 saturated carbocycles. The van der Waals surface area contributed by atoms with Gasteiger partial charge in [0.05, 0.1) is 12.0 Å². The van der Waals surface area contributed by atoms with Crippen LogP contribution in [0.4, 0.5) is 5.69 Å². The summed E-state index contributed by atoms with van der Waals surface area (Å²) in [4.78, 5) is 12.9. The number of nitrogens with one attached hydrogen (secondary N) is 2. The summed E-state index contributed by atoms with van der Waals surface area (Å²) in [6.07, 6.45) is 1.68. The first kappa shape index (κ1) is 21.9. The van der Waals surface area contributed by atoms with E-state index in [9.17, 15) is 13.2 Å². The van der Waals surface area contributed by atoms with Crippen LogP contribution in [0.1, 0.15) is 28.8 Å². The summed E-state index contributed by atoms with van der Waals surface area (Å²) in [6.45, 7) is 1.77. The molecule has 0 aromatic heterocycles. The number of benzene rings is 3. The van der Waals surface area contributed by atoms with Crippen LogP contribution in [0.15, 0.2) is 71.6 Å². The Bertz CT molecular complexity index is 1240. The molecule has 1 amide bonds. The average molecular weight is 453 g/mol. The number of hydrogen-bond donors (Lipinski definition) is 2. The number of carbonyl (C=O) groups is 1. The molecule has 1 aliphatic rings. The van der Waals surface area contributed by atoms with Crippen LogP contribution in [0.2, 0.25) is 0 Å². The van der Waals surface area contributed by atoms with Crippen LogP contribution in [-0.2, 0) is 10.0 Å². The number of para-hydroxylation sites is 2. The Morgan fingerprint density at radius 2 is 1.66 bits per heavy atom. The molecular weight excluding hydrogens is 428 g/mol. The van der Waals surface area contributed by atoms with Crippen molar-refractivity contribution in [3.05, 3.63) is 77.9 Å². The molecule has 0 bridgehead atoms. The van der Waals surface area contributed by atoms with Gasteiger partial charge in [0.25, 0.3) is 5.91 Å². The molecular formula is C24H24N2O5S. The van der Waals surface area contributed by atoms with Gasteiger partial charge in [-0.25, -0.2) is 13.1 Å². The second kappa shape index (κ2) is 9.02. The normalized spacial score (nSPS) is 13.4. The van der Waals surface area contributed by atoms with E-state index in [-0.39, 0.29) is 16.8 Å². The van der Waals surface area contributed by atoms with Gasteiger partial charge in [-0.2, -0.15) is 0 Å². The summed E-state index contributed by atoms with van der Waals surface area (Å²) in [7, 11) is -2.07. The van der Waals surface area contributed by atoms with Crippen molar-refractivity contribution in [3.63, 3.8) is 0 Å². The minimum atomic E-state index is -3.64. The van der Waals surface area contributed by atoms with Gasteiger partial charge in [0, 0.05) is 17.3 Å². The second-order valence-corrected chi connectivity index (χ2v) is 9.32. The number of methoxy groups -OCH3 is 1. The van der Waals surface area contributed by atoms with Crippen molar-refractivity contribution in [2.45, 2.75) is 30.7 Å². The highest BCUT2D eigenvalue weighted by molar-refractivity contribution is 7.89. The molecule has 1 aliphatic carbocycles. The predicted molar refractivity (Wildman–Crippen MR) is 122 cm³/mol. The number of hydrogen-bond acceptors (Lipinski definition) is 5. The van der Waals surface area contributed by atoms with E-state index in [1.807, 2.05) is 12.1 Å². The van der Waals surface area contributed by atoms with Crippen LogP contribution >= 0.6 is 0 Å². The standard InChI is InChI=1S/C24H24N2O5S/c1-16-7-14-20(32(28,29)26-18-8-9-18)15-21(16)24(27)25-17-10-12-19(13-11-17)31-23-6-4-3-5-22(23)30-2/h3-7,10-15,18,26H,8-9H2,1-2H3,(H,25,27). The van der Waals surface area contributed by atoms with E-state index in [1.165, 1.54) is 12.1 Å². The number of sulfonamides is 1. The van der Waals surface area contributed by atoms with Crippen LogP contribution in [0.25, 0.3) is 0 Å². The lowest BCUT2D eigenvalue weighted by Crippen LogP contribution is -2.26. The number of anilines is 1. The molecule has 1 fully saturated rings. The zero-order valence-corrected chi connectivity index (χ0v) is 18.6. The van der Waals surface area contributed by atoms with Gasteiger partial charge in [-0.1, -0.05) is 18.2 Å². The largest absolute Gasteiger partial charge is 0.493 e. The molecule has 0 unspecified atom stereocenters. The summed E-state index contributed by atoms with van der Waals surface area (Å²) in [5.74, 6) is 1.40. The van der Waals surface area contributed by atoms with Crippen molar-refractivity contribution in [2.24, 2.45) is 0 Å². The third-order valence-corrected chi connectivity index (χ3v) is 6.59. The molecule has 0 aliphatic heterocycles. The summed E-state index contributed by atoms with van der Waals surface area (Å²) in [5, 5.41) is 2.81. The van der Waals surface area contributed by atoms with E-state index in [1.54, 1.807) is 56.5 Å². The van der Waals surface area contributed by atoms with Crippen molar-refractivity contribution in [1.29, 1.82) is 0 Å². The molecule has 8 heteroatoms. The van der Waals surface area contributed by atoms with Gasteiger partial charge in [-0.15, -0.1) is 0 Å². The fraction of sp³-hybridized carbons (Fsp3) is 0.208. The molecule has 0 heterocycles. The lowest BCUT2D eigenvalue weighted by molar-refractivity contribution is 0.102. The van der Waals surface area contributed by atoms with Gasteiger partial charge < -0.3 is 14.8 Å². The Hall–Kier alpha value is -3.36.